The molecule has 0 saturated heterocycles. The number of amides is 2. The molecule has 1 aromatic rings. The van der Waals surface area contributed by atoms with Gasteiger partial charge >= 0.3 is 0 Å². The van der Waals surface area contributed by atoms with Crippen molar-refractivity contribution in [1.29, 1.82) is 5.26 Å². The van der Waals surface area contributed by atoms with Gasteiger partial charge in [-0.3, -0.25) is 9.59 Å². The summed E-state index contributed by atoms with van der Waals surface area (Å²) in [6.45, 7) is 7.93. The summed E-state index contributed by atoms with van der Waals surface area (Å²) < 4.78 is 0. The van der Waals surface area contributed by atoms with E-state index in [0.29, 0.717) is 10.6 Å². The molecule has 26 heavy (non-hydrogen) atoms. The maximum Gasteiger partial charge on any atom is 0.233 e. The van der Waals surface area contributed by atoms with Gasteiger partial charge in [0.2, 0.25) is 11.8 Å². The molecule has 5 nitrogen and oxygen atoms in total. The molecule has 0 fully saturated rings. The van der Waals surface area contributed by atoms with Crippen molar-refractivity contribution in [2.75, 3.05) is 5.75 Å². The highest BCUT2D eigenvalue weighted by Crippen LogP contribution is 2.35. The van der Waals surface area contributed by atoms with Gasteiger partial charge in [0.05, 0.1) is 22.4 Å². The number of benzene rings is 1. The maximum atomic E-state index is 12.6. The Morgan fingerprint density at radius 3 is 2.42 bits per heavy atom. The van der Waals surface area contributed by atoms with Crippen molar-refractivity contribution in [3.8, 4) is 6.07 Å². The third kappa shape index (κ3) is 4.67. The highest BCUT2D eigenvalue weighted by molar-refractivity contribution is 8.03. The molecule has 1 aliphatic heterocycles. The molecule has 0 bridgehead atoms. The van der Waals surface area contributed by atoms with E-state index < -0.39 is 0 Å². The molecule has 138 valence electrons. The molecule has 0 spiro atoms. The molecule has 0 radical (unpaired) electrons. The second-order valence-corrected chi connectivity index (χ2v) is 7.83. The standard InChI is InChI=1S/C20H25N3O2S/c1-13(2)23(14(3)4)19(25)12-26-20-17(11-21)16(10-18(24)22-20)15-8-6-5-7-9-15/h5-9,13-14,16H,10,12H2,1-4H3,(H,22,24)/t16-/m0/s1. The summed E-state index contributed by atoms with van der Waals surface area (Å²) in [7, 11) is 0. The van der Waals surface area contributed by atoms with E-state index in [9.17, 15) is 14.9 Å². The molecule has 0 saturated carbocycles. The summed E-state index contributed by atoms with van der Waals surface area (Å²) in [5.74, 6) is -0.198. The molecule has 1 N–H and O–H groups in total. The van der Waals surface area contributed by atoms with Crippen LogP contribution in [0.15, 0.2) is 40.9 Å². The molecule has 1 heterocycles. The van der Waals surface area contributed by atoms with E-state index >= 15 is 0 Å². The molecular weight excluding hydrogens is 346 g/mol. The molecule has 1 atom stereocenters. The van der Waals surface area contributed by atoms with E-state index in [1.54, 1.807) is 0 Å². The van der Waals surface area contributed by atoms with Crippen LogP contribution in [0.25, 0.3) is 0 Å². The number of carbonyl (C=O) groups is 2. The van der Waals surface area contributed by atoms with Gasteiger partial charge in [-0.25, -0.2) is 0 Å². The predicted molar refractivity (Wildman–Crippen MR) is 104 cm³/mol. The van der Waals surface area contributed by atoms with Crippen molar-refractivity contribution < 1.29 is 9.59 Å². The van der Waals surface area contributed by atoms with Gasteiger partial charge in [0.15, 0.2) is 0 Å². The van der Waals surface area contributed by atoms with E-state index in [4.69, 9.17) is 0 Å². The van der Waals surface area contributed by atoms with Crippen LogP contribution in [0.1, 0.15) is 45.6 Å². The lowest BCUT2D eigenvalue weighted by molar-refractivity contribution is -0.131. The first-order valence-corrected chi connectivity index (χ1v) is 9.76. The monoisotopic (exact) mass is 371 g/mol. The Kier molecular flexibility index (Phi) is 6.87. The van der Waals surface area contributed by atoms with Crippen molar-refractivity contribution in [1.82, 2.24) is 10.2 Å². The van der Waals surface area contributed by atoms with Crippen molar-refractivity contribution in [2.45, 2.75) is 52.1 Å². The number of thioether (sulfide) groups is 1. The zero-order valence-corrected chi connectivity index (χ0v) is 16.5. The van der Waals surface area contributed by atoms with Crippen LogP contribution in [0, 0.1) is 11.3 Å². The second kappa shape index (κ2) is 8.91. The third-order valence-corrected chi connectivity index (χ3v) is 5.30. The van der Waals surface area contributed by atoms with Crippen molar-refractivity contribution in [3.63, 3.8) is 0 Å². The molecule has 1 aliphatic rings. The summed E-state index contributed by atoms with van der Waals surface area (Å²) in [5.41, 5.74) is 1.46. The van der Waals surface area contributed by atoms with Crippen molar-refractivity contribution >= 4 is 23.6 Å². The Morgan fingerprint density at radius 1 is 1.27 bits per heavy atom. The summed E-state index contributed by atoms with van der Waals surface area (Å²) in [6, 6.07) is 12.0. The largest absolute Gasteiger partial charge is 0.337 e. The number of allylic oxidation sites excluding steroid dienone is 1. The minimum absolute atomic E-state index is 0.000809. The van der Waals surface area contributed by atoms with E-state index in [-0.39, 0.29) is 42.0 Å². The fourth-order valence-corrected chi connectivity index (χ4v) is 4.23. The first-order valence-electron chi connectivity index (χ1n) is 8.78. The van der Waals surface area contributed by atoms with Crippen LogP contribution in [-0.4, -0.2) is 34.6 Å². The number of nitrogens with one attached hydrogen (secondary N) is 1. The lowest BCUT2D eigenvalue weighted by Gasteiger charge is -2.31. The Labute approximate surface area is 159 Å². The minimum Gasteiger partial charge on any atom is -0.337 e. The molecule has 0 aliphatic carbocycles. The number of hydrogen-bond acceptors (Lipinski definition) is 4. The smallest absolute Gasteiger partial charge is 0.233 e. The highest BCUT2D eigenvalue weighted by atomic mass is 32.2. The Bertz CT molecular complexity index is 727. The number of nitrogens with zero attached hydrogens (tertiary/aromatic N) is 2. The molecule has 2 amide bonds. The quantitative estimate of drug-likeness (QED) is 0.832. The maximum absolute atomic E-state index is 12.6. The van der Waals surface area contributed by atoms with Gasteiger partial charge in [-0.15, -0.1) is 0 Å². The molecule has 2 rings (SSSR count). The van der Waals surface area contributed by atoms with Gasteiger partial charge in [0.25, 0.3) is 0 Å². The Hall–Kier alpha value is -2.26. The molecular formula is C20H25N3O2S. The van der Waals surface area contributed by atoms with E-state index in [1.165, 1.54) is 11.8 Å². The van der Waals surface area contributed by atoms with Crippen LogP contribution < -0.4 is 5.32 Å². The minimum atomic E-state index is -0.265. The number of rotatable bonds is 6. The molecule has 1 aromatic carbocycles. The van der Waals surface area contributed by atoms with Crippen LogP contribution in [-0.2, 0) is 9.59 Å². The molecule has 6 heteroatoms. The predicted octanol–water partition coefficient (Wildman–Crippen LogP) is 3.40. The third-order valence-electron chi connectivity index (χ3n) is 4.30. The van der Waals surface area contributed by atoms with E-state index in [1.807, 2.05) is 62.9 Å². The van der Waals surface area contributed by atoms with Crippen LogP contribution in [0.5, 0.6) is 0 Å². The topological polar surface area (TPSA) is 73.2 Å². The number of nitriles is 1. The van der Waals surface area contributed by atoms with E-state index in [2.05, 4.69) is 11.4 Å². The summed E-state index contributed by atoms with van der Waals surface area (Å²) in [4.78, 5) is 26.6. The average Bonchev–Trinajstić information content (AvgIpc) is 2.59. The Morgan fingerprint density at radius 2 is 1.88 bits per heavy atom. The number of hydrogen-bond donors (Lipinski definition) is 1. The van der Waals surface area contributed by atoms with Gasteiger partial charge in [0, 0.05) is 24.4 Å². The van der Waals surface area contributed by atoms with Crippen LogP contribution in [0.4, 0.5) is 0 Å². The molecule has 0 unspecified atom stereocenters. The average molecular weight is 372 g/mol. The van der Waals surface area contributed by atoms with Crippen molar-refractivity contribution in [2.24, 2.45) is 0 Å². The summed E-state index contributed by atoms with van der Waals surface area (Å²) in [6.07, 6.45) is 0.245. The normalized spacial score (nSPS) is 17.3. The van der Waals surface area contributed by atoms with Gasteiger partial charge < -0.3 is 10.2 Å². The fourth-order valence-electron chi connectivity index (χ4n) is 3.28. The van der Waals surface area contributed by atoms with Crippen LogP contribution >= 0.6 is 11.8 Å². The van der Waals surface area contributed by atoms with Crippen LogP contribution in [0.2, 0.25) is 0 Å². The fraction of sp³-hybridized carbons (Fsp3) is 0.450. The van der Waals surface area contributed by atoms with Gasteiger partial charge in [-0.1, -0.05) is 42.1 Å². The van der Waals surface area contributed by atoms with Crippen molar-refractivity contribution in [3.05, 3.63) is 46.5 Å². The number of carbonyl (C=O) groups excluding carboxylic acids is 2. The summed E-state index contributed by atoms with van der Waals surface area (Å²) in [5, 5.41) is 12.9. The highest BCUT2D eigenvalue weighted by Gasteiger charge is 2.30. The zero-order valence-electron chi connectivity index (χ0n) is 15.7. The van der Waals surface area contributed by atoms with Gasteiger partial charge in [-0.2, -0.15) is 5.26 Å². The van der Waals surface area contributed by atoms with E-state index in [0.717, 1.165) is 5.56 Å². The zero-order chi connectivity index (χ0) is 19.3. The molecule has 0 aromatic heterocycles. The Balaban J connectivity index is 2.23. The lowest BCUT2D eigenvalue weighted by atomic mass is 9.87. The SMILES string of the molecule is CC(C)N(C(=O)CSC1=C(C#N)[C@H](c2ccccc2)CC(=O)N1)C(C)C. The van der Waals surface area contributed by atoms with Gasteiger partial charge in [-0.05, 0) is 33.3 Å². The van der Waals surface area contributed by atoms with Crippen LogP contribution in [0.3, 0.4) is 0 Å². The lowest BCUT2D eigenvalue weighted by Crippen LogP contribution is -2.43. The first-order chi connectivity index (χ1) is 12.3. The van der Waals surface area contributed by atoms with Gasteiger partial charge in [0.1, 0.15) is 0 Å². The second-order valence-electron chi connectivity index (χ2n) is 6.85. The summed E-state index contributed by atoms with van der Waals surface area (Å²) >= 11 is 1.24. The first kappa shape index (κ1) is 20.1.